The Balaban J connectivity index is 1.63. The first-order valence-electron chi connectivity index (χ1n) is 15.2. The van der Waals surface area contributed by atoms with Crippen LogP contribution in [0.3, 0.4) is 0 Å². The SMILES string of the molecule is CC(O)CO[C@H]1CC[C@H](n2c(=O)n(C)c3cnc4c(c(-c5ccc(O)cc5)c(-c5cn(C)nc5F)n4S(=O)(=O)c4ccccc4)c32)C1. The van der Waals surface area contributed by atoms with Crippen molar-refractivity contribution in [1.82, 2.24) is 27.9 Å². The molecule has 14 heteroatoms. The first kappa shape index (κ1) is 30.8. The molecule has 1 unspecified atom stereocenters. The molecule has 47 heavy (non-hydrogen) atoms. The fourth-order valence-electron chi connectivity index (χ4n) is 6.66. The van der Waals surface area contributed by atoms with Crippen molar-refractivity contribution in [3.63, 3.8) is 0 Å². The highest BCUT2D eigenvalue weighted by molar-refractivity contribution is 7.90. The van der Waals surface area contributed by atoms with E-state index in [0.717, 1.165) is 3.97 Å². The minimum Gasteiger partial charge on any atom is -0.508 e. The Morgan fingerprint density at radius 2 is 1.81 bits per heavy atom. The van der Waals surface area contributed by atoms with Gasteiger partial charge in [-0.2, -0.15) is 4.39 Å². The van der Waals surface area contributed by atoms with E-state index < -0.39 is 22.1 Å². The van der Waals surface area contributed by atoms with Gasteiger partial charge >= 0.3 is 5.69 Å². The Hall–Kier alpha value is -4.79. The maximum atomic E-state index is 15.7. The molecule has 2 aromatic carbocycles. The van der Waals surface area contributed by atoms with E-state index in [1.807, 2.05) is 0 Å². The number of hydrogen-bond acceptors (Lipinski definition) is 8. The van der Waals surface area contributed by atoms with Crippen molar-refractivity contribution in [3.8, 4) is 28.1 Å². The summed E-state index contributed by atoms with van der Waals surface area (Å²) in [6.45, 7) is 1.81. The summed E-state index contributed by atoms with van der Waals surface area (Å²) in [4.78, 5) is 18.6. The molecule has 0 amide bonds. The van der Waals surface area contributed by atoms with Gasteiger partial charge in [0.2, 0.25) is 5.95 Å². The van der Waals surface area contributed by atoms with E-state index in [1.165, 1.54) is 53.0 Å². The van der Waals surface area contributed by atoms with Gasteiger partial charge in [-0.25, -0.2) is 22.2 Å². The molecule has 0 spiro atoms. The van der Waals surface area contributed by atoms with Crippen LogP contribution in [0.1, 0.15) is 32.2 Å². The van der Waals surface area contributed by atoms with E-state index in [4.69, 9.17) is 4.74 Å². The summed E-state index contributed by atoms with van der Waals surface area (Å²) in [6, 6.07) is 13.6. The molecule has 0 bridgehead atoms. The molecular formula is C33H33FN6O6S. The van der Waals surface area contributed by atoms with Crippen LogP contribution >= 0.6 is 0 Å². The normalized spacial score (nSPS) is 17.6. The molecule has 244 valence electrons. The molecule has 12 nitrogen and oxygen atoms in total. The molecule has 0 saturated heterocycles. The van der Waals surface area contributed by atoms with E-state index >= 15 is 4.39 Å². The zero-order valence-electron chi connectivity index (χ0n) is 25.9. The second-order valence-electron chi connectivity index (χ2n) is 12.0. The number of aryl methyl sites for hydroxylation is 2. The third-order valence-electron chi connectivity index (χ3n) is 8.76. The van der Waals surface area contributed by atoms with Crippen LogP contribution in [-0.2, 0) is 28.9 Å². The van der Waals surface area contributed by atoms with Crippen LogP contribution in [0, 0.1) is 5.95 Å². The lowest BCUT2D eigenvalue weighted by Gasteiger charge is -2.15. The molecule has 7 rings (SSSR count). The van der Waals surface area contributed by atoms with Gasteiger partial charge in [0.15, 0.2) is 5.65 Å². The lowest BCUT2D eigenvalue weighted by molar-refractivity contribution is -0.000659. The number of hydrogen-bond donors (Lipinski definition) is 2. The molecule has 1 aliphatic rings. The van der Waals surface area contributed by atoms with Gasteiger partial charge in [-0.05, 0) is 56.0 Å². The standard InChI is InChI=1S/C33H33FN6O6S/c1-19(41)18-46-23-14-11-21(15-23)39-30-26(38(3)33(39)43)16-35-32-28(30)27(20-9-12-22(42)13-10-20)29(25-17-37(2)36-31(25)34)40(32)47(44,45)24-7-5-4-6-8-24/h4-10,12-13,16-17,19,21,23,41-42H,11,14-15,18H2,1-3H3/t19?,21-,23-/m0/s1. The van der Waals surface area contributed by atoms with Crippen molar-refractivity contribution in [2.75, 3.05) is 6.61 Å². The summed E-state index contributed by atoms with van der Waals surface area (Å²) in [6.07, 6.45) is 3.81. The van der Waals surface area contributed by atoms with Crippen molar-refractivity contribution in [2.45, 2.75) is 49.3 Å². The Morgan fingerprint density at radius 3 is 2.47 bits per heavy atom. The summed E-state index contributed by atoms with van der Waals surface area (Å²) in [5.74, 6) is -0.909. The number of aromatic hydroxyl groups is 1. The Kier molecular flexibility index (Phi) is 7.53. The molecule has 2 N–H and O–H groups in total. The number of halogens is 1. The molecule has 3 atom stereocenters. The van der Waals surface area contributed by atoms with Crippen molar-refractivity contribution < 1.29 is 27.8 Å². The quantitative estimate of drug-likeness (QED) is 0.245. The molecule has 1 saturated carbocycles. The largest absolute Gasteiger partial charge is 0.508 e. The zero-order valence-corrected chi connectivity index (χ0v) is 26.7. The number of aliphatic hydroxyl groups excluding tert-OH is 1. The summed E-state index contributed by atoms with van der Waals surface area (Å²) < 4.78 is 56.3. The molecule has 6 aromatic rings. The van der Waals surface area contributed by atoms with Gasteiger partial charge < -0.3 is 14.9 Å². The van der Waals surface area contributed by atoms with Crippen molar-refractivity contribution in [2.24, 2.45) is 14.1 Å². The van der Waals surface area contributed by atoms with E-state index in [0.29, 0.717) is 46.8 Å². The molecule has 0 radical (unpaired) electrons. The monoisotopic (exact) mass is 660 g/mol. The lowest BCUT2D eigenvalue weighted by atomic mass is 9.99. The molecule has 0 aliphatic heterocycles. The van der Waals surface area contributed by atoms with E-state index in [-0.39, 0.29) is 52.0 Å². The molecule has 4 aromatic heterocycles. The van der Waals surface area contributed by atoms with E-state index in [1.54, 1.807) is 48.9 Å². The minimum atomic E-state index is -4.41. The number of nitrogens with zero attached hydrogens (tertiary/aromatic N) is 6. The highest BCUT2D eigenvalue weighted by Gasteiger charge is 2.36. The number of ether oxygens (including phenoxy) is 1. The van der Waals surface area contributed by atoms with Crippen LogP contribution in [0.4, 0.5) is 4.39 Å². The number of phenols is 1. The van der Waals surface area contributed by atoms with Crippen molar-refractivity contribution >= 4 is 32.1 Å². The van der Waals surface area contributed by atoms with Gasteiger partial charge in [0.1, 0.15) is 5.75 Å². The Labute approximate surface area is 268 Å². The lowest BCUT2D eigenvalue weighted by Crippen LogP contribution is -2.26. The highest BCUT2D eigenvalue weighted by atomic mass is 32.2. The Bertz CT molecular complexity index is 2310. The van der Waals surface area contributed by atoms with E-state index in [9.17, 15) is 23.4 Å². The average molecular weight is 661 g/mol. The molecular weight excluding hydrogens is 627 g/mol. The average Bonchev–Trinajstić information content (AvgIpc) is 3.80. The smallest absolute Gasteiger partial charge is 0.329 e. The van der Waals surface area contributed by atoms with Crippen LogP contribution in [0.15, 0.2) is 76.7 Å². The number of imidazole rings is 1. The second kappa shape index (κ2) is 11.5. The van der Waals surface area contributed by atoms with Gasteiger partial charge in [0.25, 0.3) is 10.0 Å². The Morgan fingerprint density at radius 1 is 1.09 bits per heavy atom. The summed E-state index contributed by atoms with van der Waals surface area (Å²) >= 11 is 0. The minimum absolute atomic E-state index is 0.00179. The summed E-state index contributed by atoms with van der Waals surface area (Å²) in [5.41, 5.74) is 1.26. The third-order valence-corrected chi connectivity index (χ3v) is 10.5. The fraction of sp³-hybridized carbons (Fsp3) is 0.303. The first-order valence-corrected chi connectivity index (χ1v) is 16.6. The third kappa shape index (κ3) is 5.03. The fourth-order valence-corrected chi connectivity index (χ4v) is 8.17. The van der Waals surface area contributed by atoms with Crippen LogP contribution in [0.5, 0.6) is 5.75 Å². The predicted molar refractivity (Wildman–Crippen MR) is 173 cm³/mol. The molecule has 1 aliphatic carbocycles. The van der Waals surface area contributed by atoms with Gasteiger partial charge in [-0.1, -0.05) is 30.3 Å². The van der Waals surface area contributed by atoms with Crippen molar-refractivity contribution in [3.05, 3.63) is 83.4 Å². The van der Waals surface area contributed by atoms with Crippen LogP contribution in [0.2, 0.25) is 0 Å². The zero-order chi connectivity index (χ0) is 33.2. The number of benzene rings is 2. The first-order chi connectivity index (χ1) is 22.5. The van der Waals surface area contributed by atoms with E-state index in [2.05, 4.69) is 10.1 Å². The van der Waals surface area contributed by atoms with Crippen molar-refractivity contribution in [1.29, 1.82) is 0 Å². The topological polar surface area (TPSA) is 146 Å². The maximum absolute atomic E-state index is 15.7. The van der Waals surface area contributed by atoms with Gasteiger partial charge in [0, 0.05) is 31.9 Å². The van der Waals surface area contributed by atoms with Gasteiger partial charge in [0.05, 0.1) is 57.6 Å². The summed E-state index contributed by atoms with van der Waals surface area (Å²) in [7, 11) is -1.25. The second-order valence-corrected chi connectivity index (χ2v) is 13.8. The number of phenolic OH excluding ortho intramolecular Hbond substituents is 1. The highest BCUT2D eigenvalue weighted by Crippen LogP contribution is 2.46. The number of aliphatic hydroxyl groups is 1. The predicted octanol–water partition coefficient (Wildman–Crippen LogP) is 4.33. The van der Waals surface area contributed by atoms with Gasteiger partial charge in [-0.15, -0.1) is 5.10 Å². The number of aromatic nitrogens is 6. The van der Waals surface area contributed by atoms with Crippen LogP contribution < -0.4 is 5.69 Å². The van der Waals surface area contributed by atoms with Crippen LogP contribution in [0.25, 0.3) is 44.5 Å². The molecule has 1 fully saturated rings. The maximum Gasteiger partial charge on any atom is 0.329 e. The summed E-state index contributed by atoms with van der Waals surface area (Å²) in [5, 5.41) is 24.2. The number of rotatable bonds is 8. The molecule has 4 heterocycles. The number of fused-ring (bicyclic) bond motifs is 3. The number of pyridine rings is 1. The van der Waals surface area contributed by atoms with Crippen LogP contribution in [-0.4, -0.2) is 65.3 Å². The van der Waals surface area contributed by atoms with Gasteiger partial charge in [-0.3, -0.25) is 13.8 Å².